The van der Waals surface area contributed by atoms with E-state index in [2.05, 4.69) is 9.71 Å². The fourth-order valence-corrected chi connectivity index (χ4v) is 3.44. The molecular formula is C13H20N2O4S. The summed E-state index contributed by atoms with van der Waals surface area (Å²) in [7, 11) is -3.47. The van der Waals surface area contributed by atoms with Crippen LogP contribution in [-0.2, 0) is 14.8 Å². The summed E-state index contributed by atoms with van der Waals surface area (Å²) in [5.41, 5.74) is 0.366. The van der Waals surface area contributed by atoms with Crippen LogP contribution in [0.5, 0.6) is 5.88 Å². The van der Waals surface area contributed by atoms with Crippen molar-refractivity contribution in [3.8, 4) is 5.88 Å². The number of hydrogen-bond donors (Lipinski definition) is 1. The summed E-state index contributed by atoms with van der Waals surface area (Å²) >= 11 is 0. The molecule has 1 aromatic heterocycles. The van der Waals surface area contributed by atoms with E-state index in [9.17, 15) is 8.42 Å². The maximum atomic E-state index is 12.2. The number of sulfonamides is 1. The number of aromatic nitrogens is 1. The summed E-state index contributed by atoms with van der Waals surface area (Å²) in [6.45, 7) is 2.89. The van der Waals surface area contributed by atoms with Crippen LogP contribution in [0.2, 0.25) is 0 Å². The summed E-state index contributed by atoms with van der Waals surface area (Å²) in [5, 5.41) is 0. The average Bonchev–Trinajstić information content (AvgIpc) is 2.41. The molecule has 1 saturated heterocycles. The Morgan fingerprint density at radius 2 is 2.35 bits per heavy atom. The van der Waals surface area contributed by atoms with Crippen molar-refractivity contribution in [2.45, 2.75) is 32.3 Å². The lowest BCUT2D eigenvalue weighted by molar-refractivity contribution is 0.0306. The molecule has 0 aliphatic carbocycles. The molecule has 1 aliphatic rings. The van der Waals surface area contributed by atoms with E-state index in [-0.39, 0.29) is 11.9 Å². The molecule has 6 nitrogen and oxygen atoms in total. The number of pyridine rings is 1. The van der Waals surface area contributed by atoms with Crippen LogP contribution in [-0.4, -0.2) is 38.5 Å². The minimum Gasteiger partial charge on any atom is -0.476 e. The zero-order valence-electron chi connectivity index (χ0n) is 11.5. The van der Waals surface area contributed by atoms with Crippen LogP contribution in [0.4, 0.5) is 5.69 Å². The van der Waals surface area contributed by atoms with Crippen molar-refractivity contribution in [3.63, 3.8) is 0 Å². The lowest BCUT2D eigenvalue weighted by Gasteiger charge is -2.22. The maximum absolute atomic E-state index is 12.2. The number of rotatable bonds is 6. The van der Waals surface area contributed by atoms with E-state index >= 15 is 0 Å². The largest absolute Gasteiger partial charge is 0.476 e. The zero-order valence-corrected chi connectivity index (χ0v) is 12.4. The Morgan fingerprint density at radius 3 is 3.05 bits per heavy atom. The van der Waals surface area contributed by atoms with Crippen molar-refractivity contribution in [1.29, 1.82) is 0 Å². The van der Waals surface area contributed by atoms with Gasteiger partial charge in [-0.25, -0.2) is 13.4 Å². The fourth-order valence-electron chi connectivity index (χ4n) is 2.11. The highest BCUT2D eigenvalue weighted by Crippen LogP contribution is 2.23. The lowest BCUT2D eigenvalue weighted by atomic mass is 10.1. The van der Waals surface area contributed by atoms with Gasteiger partial charge >= 0.3 is 0 Å². The average molecular weight is 300 g/mol. The van der Waals surface area contributed by atoms with Crippen molar-refractivity contribution < 1.29 is 17.9 Å². The Morgan fingerprint density at radius 1 is 1.50 bits per heavy atom. The molecule has 2 rings (SSSR count). The maximum Gasteiger partial charge on any atom is 0.238 e. The van der Waals surface area contributed by atoms with E-state index in [1.165, 1.54) is 0 Å². The monoisotopic (exact) mass is 300 g/mol. The first-order chi connectivity index (χ1) is 9.61. The lowest BCUT2D eigenvalue weighted by Crippen LogP contribution is -2.31. The summed E-state index contributed by atoms with van der Waals surface area (Å²) in [5.74, 6) is 0.260. The second-order valence-corrected chi connectivity index (χ2v) is 6.43. The Bertz CT molecular complexity index is 527. The minimum absolute atomic E-state index is 0.0343. The molecule has 1 fully saturated rings. The van der Waals surface area contributed by atoms with Gasteiger partial charge in [-0.1, -0.05) is 0 Å². The predicted octanol–water partition coefficient (Wildman–Crippen LogP) is 1.79. The van der Waals surface area contributed by atoms with Crippen LogP contribution >= 0.6 is 0 Å². The summed E-state index contributed by atoms with van der Waals surface area (Å²) in [4.78, 5) is 4.02. The van der Waals surface area contributed by atoms with Gasteiger partial charge in [0, 0.05) is 12.8 Å². The van der Waals surface area contributed by atoms with Gasteiger partial charge in [0.1, 0.15) is 5.69 Å². The number of nitrogens with one attached hydrogen (secondary N) is 1. The highest BCUT2D eigenvalue weighted by molar-refractivity contribution is 7.92. The molecule has 0 spiro atoms. The van der Waals surface area contributed by atoms with E-state index in [0.717, 1.165) is 19.3 Å². The fraction of sp³-hybridized carbons (Fsp3) is 0.615. The van der Waals surface area contributed by atoms with E-state index in [0.29, 0.717) is 24.8 Å². The van der Waals surface area contributed by atoms with Gasteiger partial charge in [-0.15, -0.1) is 0 Å². The van der Waals surface area contributed by atoms with Crippen molar-refractivity contribution in [2.75, 3.05) is 23.7 Å². The van der Waals surface area contributed by atoms with Crippen LogP contribution in [0.1, 0.15) is 26.2 Å². The van der Waals surface area contributed by atoms with Crippen LogP contribution in [0, 0.1) is 0 Å². The molecule has 1 N–H and O–H groups in total. The van der Waals surface area contributed by atoms with Crippen molar-refractivity contribution in [2.24, 2.45) is 0 Å². The zero-order chi connectivity index (χ0) is 14.4. The molecule has 0 aromatic carbocycles. The molecule has 7 heteroatoms. The van der Waals surface area contributed by atoms with Crippen LogP contribution in [0.3, 0.4) is 0 Å². The van der Waals surface area contributed by atoms with Gasteiger partial charge in [0.2, 0.25) is 15.9 Å². The Balaban J connectivity index is 2.03. The summed E-state index contributed by atoms with van der Waals surface area (Å²) in [6, 6.07) is 3.30. The molecular weight excluding hydrogens is 280 g/mol. The van der Waals surface area contributed by atoms with Gasteiger partial charge in [-0.05, 0) is 38.3 Å². The molecule has 1 unspecified atom stereocenters. The molecule has 2 heterocycles. The third kappa shape index (κ3) is 4.35. The molecule has 20 heavy (non-hydrogen) atoms. The predicted molar refractivity (Wildman–Crippen MR) is 76.4 cm³/mol. The van der Waals surface area contributed by atoms with Gasteiger partial charge in [0.25, 0.3) is 0 Å². The van der Waals surface area contributed by atoms with Crippen molar-refractivity contribution >= 4 is 15.7 Å². The second-order valence-electron chi connectivity index (χ2n) is 4.66. The Labute approximate surface area is 119 Å². The van der Waals surface area contributed by atoms with Gasteiger partial charge in [0.15, 0.2) is 0 Å². The Hall–Kier alpha value is -1.34. The standard InChI is InChI=1S/C13H20N2O4S/c1-2-18-13-12(7-5-8-14-13)15-20(16,17)10-11-6-3-4-9-19-11/h5,7-8,11,15H,2-4,6,9-10H2,1H3. The molecule has 1 atom stereocenters. The molecule has 0 radical (unpaired) electrons. The third-order valence-corrected chi connectivity index (χ3v) is 4.34. The Kier molecular flexibility index (Phi) is 5.19. The third-order valence-electron chi connectivity index (χ3n) is 3.00. The van der Waals surface area contributed by atoms with E-state index in [1.54, 1.807) is 18.3 Å². The molecule has 0 bridgehead atoms. The highest BCUT2D eigenvalue weighted by Gasteiger charge is 2.23. The molecule has 112 valence electrons. The first kappa shape index (κ1) is 15.1. The van der Waals surface area contributed by atoms with Gasteiger partial charge < -0.3 is 9.47 Å². The SMILES string of the molecule is CCOc1ncccc1NS(=O)(=O)CC1CCCCO1. The number of ether oxygens (including phenoxy) is 2. The normalized spacial score (nSPS) is 19.6. The number of anilines is 1. The van der Waals surface area contributed by atoms with E-state index in [4.69, 9.17) is 9.47 Å². The number of hydrogen-bond acceptors (Lipinski definition) is 5. The second kappa shape index (κ2) is 6.90. The van der Waals surface area contributed by atoms with E-state index < -0.39 is 10.0 Å². The van der Waals surface area contributed by atoms with Gasteiger partial charge in [-0.3, -0.25) is 4.72 Å². The molecule has 0 saturated carbocycles. The van der Waals surface area contributed by atoms with Crippen molar-refractivity contribution in [1.82, 2.24) is 4.98 Å². The summed E-state index contributed by atoms with van der Waals surface area (Å²) in [6.07, 6.45) is 4.13. The van der Waals surface area contributed by atoms with Gasteiger partial charge in [0.05, 0.1) is 18.5 Å². The van der Waals surface area contributed by atoms with Gasteiger partial charge in [-0.2, -0.15) is 0 Å². The molecule has 1 aromatic rings. The highest BCUT2D eigenvalue weighted by atomic mass is 32.2. The van der Waals surface area contributed by atoms with Crippen LogP contribution in [0.15, 0.2) is 18.3 Å². The topological polar surface area (TPSA) is 77.5 Å². The summed E-state index contributed by atoms with van der Waals surface area (Å²) < 4.78 is 37.6. The van der Waals surface area contributed by atoms with E-state index in [1.807, 2.05) is 6.92 Å². The molecule has 0 amide bonds. The first-order valence-corrected chi connectivity index (χ1v) is 8.46. The van der Waals surface area contributed by atoms with Crippen LogP contribution < -0.4 is 9.46 Å². The quantitative estimate of drug-likeness (QED) is 0.866. The first-order valence-electron chi connectivity index (χ1n) is 6.80. The van der Waals surface area contributed by atoms with Crippen molar-refractivity contribution in [3.05, 3.63) is 18.3 Å². The smallest absolute Gasteiger partial charge is 0.238 e. The van der Waals surface area contributed by atoms with Crippen LogP contribution in [0.25, 0.3) is 0 Å². The number of nitrogens with zero attached hydrogens (tertiary/aromatic N) is 1. The molecule has 1 aliphatic heterocycles. The minimum atomic E-state index is -3.47.